The summed E-state index contributed by atoms with van der Waals surface area (Å²) in [6, 6.07) is 4.13. The van der Waals surface area contributed by atoms with Crippen molar-refractivity contribution < 1.29 is 0 Å². The van der Waals surface area contributed by atoms with Crippen LogP contribution in [0.5, 0.6) is 0 Å². The molecule has 1 aromatic heterocycles. The maximum Gasteiger partial charge on any atom is 0.0544 e. The van der Waals surface area contributed by atoms with E-state index in [1.807, 2.05) is 6.20 Å². The summed E-state index contributed by atoms with van der Waals surface area (Å²) in [5.41, 5.74) is 1.36. The summed E-state index contributed by atoms with van der Waals surface area (Å²) in [4.78, 5) is 6.86. The summed E-state index contributed by atoms with van der Waals surface area (Å²) in [5.74, 6) is 0. The fourth-order valence-electron chi connectivity index (χ4n) is 2.11. The van der Waals surface area contributed by atoms with E-state index >= 15 is 0 Å². The van der Waals surface area contributed by atoms with Crippen molar-refractivity contribution in [3.8, 4) is 0 Å². The van der Waals surface area contributed by atoms with Crippen LogP contribution < -0.4 is 5.32 Å². The predicted molar refractivity (Wildman–Crippen MR) is 69.3 cm³/mol. The number of halogens is 1. The van der Waals surface area contributed by atoms with Gasteiger partial charge in [-0.2, -0.15) is 0 Å². The number of aromatic nitrogens is 1. The molecule has 0 spiro atoms. The first-order chi connectivity index (χ1) is 7.55. The third-order valence-electron chi connectivity index (χ3n) is 2.82. The van der Waals surface area contributed by atoms with Crippen LogP contribution in [0.3, 0.4) is 0 Å². The predicted octanol–water partition coefficient (Wildman–Crippen LogP) is 2.03. The van der Waals surface area contributed by atoms with Gasteiger partial charge in [0, 0.05) is 42.4 Å². The van der Waals surface area contributed by atoms with Gasteiger partial charge in [0.25, 0.3) is 0 Å². The van der Waals surface area contributed by atoms with Crippen LogP contribution in [0.1, 0.15) is 19.5 Å². The van der Waals surface area contributed by atoms with Gasteiger partial charge in [0.1, 0.15) is 0 Å². The second-order valence-electron chi connectivity index (χ2n) is 4.99. The third kappa shape index (κ3) is 3.27. The molecule has 0 aromatic carbocycles. The lowest BCUT2D eigenvalue weighted by molar-refractivity contribution is 0.147. The fourth-order valence-corrected chi connectivity index (χ4v) is 2.34. The summed E-state index contributed by atoms with van der Waals surface area (Å²) in [6.45, 7) is 8.66. The number of pyridine rings is 1. The molecule has 4 heteroatoms. The summed E-state index contributed by atoms with van der Waals surface area (Å²) in [6.07, 6.45) is 1.86. The van der Waals surface area contributed by atoms with E-state index in [4.69, 9.17) is 0 Å². The molecule has 0 atom stereocenters. The first-order valence-corrected chi connectivity index (χ1v) is 6.42. The Bertz CT molecular complexity index is 348. The van der Waals surface area contributed by atoms with Gasteiger partial charge >= 0.3 is 0 Å². The lowest BCUT2D eigenvalue weighted by Crippen LogP contribution is -2.56. The van der Waals surface area contributed by atoms with Crippen LogP contribution in [0.2, 0.25) is 0 Å². The highest BCUT2D eigenvalue weighted by atomic mass is 79.9. The van der Waals surface area contributed by atoms with Gasteiger partial charge in [0.05, 0.1) is 5.69 Å². The minimum atomic E-state index is 0.216. The molecule has 0 saturated carbocycles. The maximum absolute atomic E-state index is 4.41. The van der Waals surface area contributed by atoms with E-state index in [2.05, 4.69) is 57.1 Å². The quantitative estimate of drug-likeness (QED) is 0.900. The smallest absolute Gasteiger partial charge is 0.0544 e. The molecule has 1 aliphatic heterocycles. The average molecular weight is 284 g/mol. The number of nitrogens with zero attached hydrogens (tertiary/aromatic N) is 2. The number of nitrogens with one attached hydrogen (secondary N) is 1. The molecule has 0 bridgehead atoms. The van der Waals surface area contributed by atoms with Gasteiger partial charge in [0.15, 0.2) is 0 Å². The lowest BCUT2D eigenvalue weighted by Gasteiger charge is -2.38. The van der Waals surface area contributed by atoms with E-state index in [9.17, 15) is 0 Å². The Morgan fingerprint density at radius 3 is 2.94 bits per heavy atom. The number of hydrogen-bond acceptors (Lipinski definition) is 3. The van der Waals surface area contributed by atoms with Crippen LogP contribution in [0.4, 0.5) is 0 Å². The SMILES string of the molecule is CC1(C)CN(Cc2ccc(Br)cn2)CCN1. The van der Waals surface area contributed by atoms with Crippen LogP contribution in [-0.2, 0) is 6.54 Å². The lowest BCUT2D eigenvalue weighted by atomic mass is 10.0. The minimum Gasteiger partial charge on any atom is -0.309 e. The van der Waals surface area contributed by atoms with Crippen LogP contribution >= 0.6 is 15.9 Å². The highest BCUT2D eigenvalue weighted by molar-refractivity contribution is 9.10. The molecular formula is C12H18BrN3. The molecule has 1 N–H and O–H groups in total. The van der Waals surface area contributed by atoms with Crippen LogP contribution in [0.15, 0.2) is 22.8 Å². The normalized spacial score (nSPS) is 20.9. The Morgan fingerprint density at radius 2 is 2.31 bits per heavy atom. The molecule has 3 nitrogen and oxygen atoms in total. The largest absolute Gasteiger partial charge is 0.309 e. The van der Waals surface area contributed by atoms with Crippen molar-refractivity contribution in [1.82, 2.24) is 15.2 Å². The van der Waals surface area contributed by atoms with Crippen molar-refractivity contribution in [1.29, 1.82) is 0 Å². The molecule has 0 amide bonds. The van der Waals surface area contributed by atoms with Gasteiger partial charge < -0.3 is 5.32 Å². The van der Waals surface area contributed by atoms with Gasteiger partial charge in [-0.3, -0.25) is 9.88 Å². The molecule has 1 saturated heterocycles. The van der Waals surface area contributed by atoms with E-state index in [1.54, 1.807) is 0 Å². The van der Waals surface area contributed by atoms with Crippen molar-refractivity contribution in [2.75, 3.05) is 19.6 Å². The highest BCUT2D eigenvalue weighted by Crippen LogP contribution is 2.14. The molecular weight excluding hydrogens is 266 g/mol. The Hall–Kier alpha value is -0.450. The van der Waals surface area contributed by atoms with Crippen LogP contribution in [-0.4, -0.2) is 35.1 Å². The molecule has 1 aromatic rings. The second-order valence-corrected chi connectivity index (χ2v) is 5.90. The Labute approximate surface area is 105 Å². The molecule has 0 radical (unpaired) electrons. The Balaban J connectivity index is 1.97. The van der Waals surface area contributed by atoms with Gasteiger partial charge in [-0.1, -0.05) is 0 Å². The van der Waals surface area contributed by atoms with E-state index in [1.165, 1.54) is 0 Å². The average Bonchev–Trinajstić information content (AvgIpc) is 2.20. The van der Waals surface area contributed by atoms with Gasteiger partial charge in [-0.05, 0) is 41.9 Å². The van der Waals surface area contributed by atoms with Crippen LogP contribution in [0.25, 0.3) is 0 Å². The van der Waals surface area contributed by atoms with Crippen molar-refractivity contribution in [2.45, 2.75) is 25.9 Å². The molecule has 1 aliphatic rings. The second kappa shape index (κ2) is 4.82. The number of hydrogen-bond donors (Lipinski definition) is 1. The molecule has 2 rings (SSSR count). The summed E-state index contributed by atoms with van der Waals surface area (Å²) < 4.78 is 1.04. The summed E-state index contributed by atoms with van der Waals surface area (Å²) in [7, 11) is 0. The number of rotatable bonds is 2. The first-order valence-electron chi connectivity index (χ1n) is 5.63. The first kappa shape index (κ1) is 12.0. The molecule has 88 valence electrons. The van der Waals surface area contributed by atoms with Crippen molar-refractivity contribution in [3.63, 3.8) is 0 Å². The van der Waals surface area contributed by atoms with Crippen molar-refractivity contribution in [3.05, 3.63) is 28.5 Å². The Morgan fingerprint density at radius 1 is 1.50 bits per heavy atom. The molecule has 2 heterocycles. The minimum absolute atomic E-state index is 0.216. The zero-order valence-corrected chi connectivity index (χ0v) is 11.4. The fraction of sp³-hybridized carbons (Fsp3) is 0.583. The van der Waals surface area contributed by atoms with Gasteiger partial charge in [0.2, 0.25) is 0 Å². The van der Waals surface area contributed by atoms with Gasteiger partial charge in [-0.15, -0.1) is 0 Å². The zero-order chi connectivity index (χ0) is 11.6. The van der Waals surface area contributed by atoms with E-state index in [0.29, 0.717) is 0 Å². The van der Waals surface area contributed by atoms with Crippen LogP contribution in [0, 0.1) is 0 Å². The molecule has 16 heavy (non-hydrogen) atoms. The topological polar surface area (TPSA) is 28.2 Å². The molecule has 0 aliphatic carbocycles. The van der Waals surface area contributed by atoms with Crippen molar-refractivity contribution >= 4 is 15.9 Å². The zero-order valence-electron chi connectivity index (χ0n) is 9.83. The highest BCUT2D eigenvalue weighted by Gasteiger charge is 2.25. The van der Waals surface area contributed by atoms with Crippen molar-refractivity contribution in [2.24, 2.45) is 0 Å². The number of piperazine rings is 1. The maximum atomic E-state index is 4.41. The molecule has 1 fully saturated rings. The van der Waals surface area contributed by atoms with E-state index < -0.39 is 0 Å². The van der Waals surface area contributed by atoms with E-state index in [-0.39, 0.29) is 5.54 Å². The van der Waals surface area contributed by atoms with E-state index in [0.717, 1.165) is 36.3 Å². The van der Waals surface area contributed by atoms with Gasteiger partial charge in [-0.25, -0.2) is 0 Å². The molecule has 0 unspecified atom stereocenters. The monoisotopic (exact) mass is 283 g/mol. The Kier molecular flexibility index (Phi) is 3.62. The third-order valence-corrected chi connectivity index (χ3v) is 3.29. The summed E-state index contributed by atoms with van der Waals surface area (Å²) >= 11 is 3.40. The summed E-state index contributed by atoms with van der Waals surface area (Å²) in [5, 5.41) is 3.51. The standard InChI is InChI=1S/C12H18BrN3/c1-12(2)9-16(6-5-15-12)8-11-4-3-10(13)7-14-11/h3-4,7,15H,5-6,8-9H2,1-2H3.